The van der Waals surface area contributed by atoms with Gasteiger partial charge in [-0.3, -0.25) is 0 Å². The van der Waals surface area contributed by atoms with E-state index in [1.54, 1.807) is 0 Å². The number of rotatable bonds is 3. The summed E-state index contributed by atoms with van der Waals surface area (Å²) in [4.78, 5) is 0. The third kappa shape index (κ3) is 5.15. The second-order valence-electron chi connectivity index (χ2n) is 6.29. The first-order valence-corrected chi connectivity index (χ1v) is 6.23. The zero-order chi connectivity index (χ0) is 11.4. The van der Waals surface area contributed by atoms with Crippen LogP contribution in [0.2, 0.25) is 0 Å². The molecule has 0 saturated heterocycles. The summed E-state index contributed by atoms with van der Waals surface area (Å²) in [7, 11) is 2.64. The van der Waals surface area contributed by atoms with Gasteiger partial charge in [0.25, 0.3) is 0 Å². The average Bonchev–Trinajstić information content (AvgIpc) is 1.92. The molecule has 84 valence electrons. The monoisotopic (exact) mass is 214 g/mol. The van der Waals surface area contributed by atoms with Crippen LogP contribution in [0.1, 0.15) is 54.4 Å². The van der Waals surface area contributed by atoms with Gasteiger partial charge in [-0.15, -0.1) is 9.24 Å². The normalized spacial score (nSPS) is 14.3. The summed E-state index contributed by atoms with van der Waals surface area (Å²) >= 11 is 0. The molecule has 0 heterocycles. The van der Waals surface area contributed by atoms with Gasteiger partial charge in [0, 0.05) is 0 Å². The Morgan fingerprint density at radius 3 is 1.71 bits per heavy atom. The summed E-state index contributed by atoms with van der Waals surface area (Å²) in [5.41, 5.74) is 0.819. The molecule has 0 bridgehead atoms. The smallest absolute Gasteiger partial charge is 0.0314 e. The molecule has 0 aliphatic carbocycles. The van der Waals surface area contributed by atoms with Crippen LogP contribution in [0.25, 0.3) is 0 Å². The molecule has 0 fully saturated rings. The highest BCUT2D eigenvalue weighted by molar-refractivity contribution is 7.20. The van der Waals surface area contributed by atoms with Crippen molar-refractivity contribution >= 4 is 9.24 Å². The minimum Gasteiger partial charge on any atom is -0.114 e. The van der Waals surface area contributed by atoms with Crippen LogP contribution in [-0.4, -0.2) is 0 Å². The minimum absolute atomic E-state index is 0.410. The number of hydrogen-bond donors (Lipinski definition) is 0. The Morgan fingerprint density at radius 2 is 1.43 bits per heavy atom. The quantitative estimate of drug-likeness (QED) is 0.588. The molecule has 0 amide bonds. The molecule has 1 heteroatoms. The SMILES string of the molecule is CC(C)(C)C(CCC=CP)C(C)(C)C. The van der Waals surface area contributed by atoms with E-state index in [1.807, 2.05) is 0 Å². The maximum absolute atomic E-state index is 2.64. The van der Waals surface area contributed by atoms with Crippen LogP contribution in [-0.2, 0) is 0 Å². The molecular formula is C13H27P. The van der Waals surface area contributed by atoms with Gasteiger partial charge >= 0.3 is 0 Å². The molecule has 0 aromatic rings. The molecule has 0 spiro atoms. The van der Waals surface area contributed by atoms with E-state index in [-0.39, 0.29) is 0 Å². The average molecular weight is 214 g/mol. The van der Waals surface area contributed by atoms with Crippen LogP contribution in [0, 0.1) is 16.7 Å². The number of hydrogen-bond acceptors (Lipinski definition) is 0. The number of allylic oxidation sites excluding steroid dienone is 1. The fraction of sp³-hybridized carbons (Fsp3) is 0.846. The first-order valence-electron chi connectivity index (χ1n) is 5.56. The van der Waals surface area contributed by atoms with E-state index in [2.05, 4.69) is 62.7 Å². The fourth-order valence-corrected chi connectivity index (χ4v) is 2.72. The predicted molar refractivity (Wildman–Crippen MR) is 70.5 cm³/mol. The molecule has 0 N–H and O–H groups in total. The van der Waals surface area contributed by atoms with E-state index in [4.69, 9.17) is 0 Å². The molecule has 0 radical (unpaired) electrons. The summed E-state index contributed by atoms with van der Waals surface area (Å²) in [5, 5.41) is 0. The van der Waals surface area contributed by atoms with Gasteiger partial charge in [0.15, 0.2) is 0 Å². The largest absolute Gasteiger partial charge is 0.114 e. The topological polar surface area (TPSA) is 0 Å². The van der Waals surface area contributed by atoms with E-state index < -0.39 is 0 Å². The lowest BCUT2D eigenvalue weighted by atomic mass is 9.65. The molecular weight excluding hydrogens is 187 g/mol. The van der Waals surface area contributed by atoms with Gasteiger partial charge in [-0.05, 0) is 29.6 Å². The molecule has 0 rings (SSSR count). The summed E-state index contributed by atoms with van der Waals surface area (Å²) in [6.45, 7) is 14.1. The molecule has 0 aliphatic rings. The van der Waals surface area contributed by atoms with Crippen molar-refractivity contribution in [1.29, 1.82) is 0 Å². The van der Waals surface area contributed by atoms with Crippen molar-refractivity contribution in [2.75, 3.05) is 0 Å². The zero-order valence-electron chi connectivity index (χ0n) is 10.7. The van der Waals surface area contributed by atoms with Crippen LogP contribution in [0.3, 0.4) is 0 Å². The Hall–Kier alpha value is 0.170. The van der Waals surface area contributed by atoms with E-state index >= 15 is 0 Å². The molecule has 1 unspecified atom stereocenters. The molecule has 0 aromatic carbocycles. The van der Waals surface area contributed by atoms with E-state index in [9.17, 15) is 0 Å². The van der Waals surface area contributed by atoms with Crippen molar-refractivity contribution in [3.05, 3.63) is 11.9 Å². The van der Waals surface area contributed by atoms with Gasteiger partial charge < -0.3 is 0 Å². The molecule has 0 nitrogen and oxygen atoms in total. The van der Waals surface area contributed by atoms with Gasteiger partial charge in [0.1, 0.15) is 0 Å². The maximum Gasteiger partial charge on any atom is -0.0314 e. The van der Waals surface area contributed by atoms with Gasteiger partial charge in [0.05, 0.1) is 0 Å². The highest BCUT2D eigenvalue weighted by Gasteiger charge is 2.33. The Kier molecular flexibility index (Phi) is 5.37. The maximum atomic E-state index is 2.64. The van der Waals surface area contributed by atoms with Crippen molar-refractivity contribution in [1.82, 2.24) is 0 Å². The third-order valence-corrected chi connectivity index (χ3v) is 3.12. The Balaban J connectivity index is 4.43. The van der Waals surface area contributed by atoms with Crippen molar-refractivity contribution in [2.45, 2.75) is 54.4 Å². The van der Waals surface area contributed by atoms with Crippen LogP contribution < -0.4 is 0 Å². The van der Waals surface area contributed by atoms with Crippen molar-refractivity contribution in [2.24, 2.45) is 16.7 Å². The van der Waals surface area contributed by atoms with E-state index in [0.29, 0.717) is 10.8 Å². The van der Waals surface area contributed by atoms with Gasteiger partial charge in [-0.2, -0.15) is 0 Å². The first kappa shape index (κ1) is 14.2. The summed E-state index contributed by atoms with van der Waals surface area (Å²) in [5.74, 6) is 2.85. The van der Waals surface area contributed by atoms with Gasteiger partial charge in [-0.25, -0.2) is 0 Å². The van der Waals surface area contributed by atoms with Crippen LogP contribution >= 0.6 is 9.24 Å². The highest BCUT2D eigenvalue weighted by Crippen LogP contribution is 2.42. The van der Waals surface area contributed by atoms with E-state index in [0.717, 1.165) is 5.92 Å². The Morgan fingerprint density at radius 1 is 1.00 bits per heavy atom. The fourth-order valence-electron chi connectivity index (χ4n) is 2.52. The lowest BCUT2D eigenvalue weighted by molar-refractivity contribution is 0.0939. The minimum atomic E-state index is 0.410. The lowest BCUT2D eigenvalue weighted by Crippen LogP contribution is -2.32. The molecule has 0 aromatic heterocycles. The summed E-state index contributed by atoms with van der Waals surface area (Å²) < 4.78 is 0. The van der Waals surface area contributed by atoms with Crippen LogP contribution in [0.4, 0.5) is 0 Å². The van der Waals surface area contributed by atoms with Crippen LogP contribution in [0.5, 0.6) is 0 Å². The lowest BCUT2D eigenvalue weighted by Gasteiger charge is -2.41. The molecule has 14 heavy (non-hydrogen) atoms. The molecule has 0 aliphatic heterocycles. The second-order valence-corrected chi connectivity index (χ2v) is 6.68. The summed E-state index contributed by atoms with van der Waals surface area (Å²) in [6, 6.07) is 0. The zero-order valence-corrected chi connectivity index (χ0v) is 11.9. The third-order valence-electron chi connectivity index (χ3n) is 2.85. The van der Waals surface area contributed by atoms with E-state index in [1.165, 1.54) is 12.8 Å². The highest BCUT2D eigenvalue weighted by atomic mass is 31.0. The molecule has 1 atom stereocenters. The van der Waals surface area contributed by atoms with Crippen molar-refractivity contribution in [3.8, 4) is 0 Å². The van der Waals surface area contributed by atoms with Gasteiger partial charge in [-0.1, -0.05) is 53.4 Å². The van der Waals surface area contributed by atoms with Crippen molar-refractivity contribution < 1.29 is 0 Å². The summed E-state index contributed by atoms with van der Waals surface area (Å²) in [6.07, 6.45) is 4.73. The second kappa shape index (κ2) is 5.31. The molecule has 0 saturated carbocycles. The standard InChI is InChI=1S/C13H27P/c1-12(2,3)11(13(4,5)6)9-7-8-10-14/h8,10-11H,7,9,14H2,1-6H3. The Bertz CT molecular complexity index is 164. The van der Waals surface area contributed by atoms with Crippen LogP contribution in [0.15, 0.2) is 11.9 Å². The van der Waals surface area contributed by atoms with Gasteiger partial charge in [0.2, 0.25) is 0 Å². The van der Waals surface area contributed by atoms with Crippen molar-refractivity contribution in [3.63, 3.8) is 0 Å². The Labute approximate surface area is 92.8 Å². The first-order chi connectivity index (χ1) is 6.19. The predicted octanol–water partition coefficient (Wildman–Crippen LogP) is 4.86.